The first-order chi connectivity index (χ1) is 11.4. The number of halogens is 2. The maximum absolute atomic E-state index is 12.0. The number of rotatable bonds is 5. The number of carboxylic acids is 1. The highest BCUT2D eigenvalue weighted by Crippen LogP contribution is 2.34. The van der Waals surface area contributed by atoms with Crippen LogP contribution in [0.4, 0.5) is 0 Å². The standard InChI is InChI=1S/C17H22Cl2N2O2S/c1-17(16(22)23,12-2-3-14(18)15(19)10-12)5-6-20-7-8-21-13(11-20)4-9-24-21/h2-3,10,13H,4-9,11H2,1H3,(H,22,23). The normalized spacial score (nSPS) is 24.5. The van der Waals surface area contributed by atoms with E-state index in [0.29, 0.717) is 28.1 Å². The lowest BCUT2D eigenvalue weighted by Crippen LogP contribution is -2.49. The van der Waals surface area contributed by atoms with Crippen molar-refractivity contribution < 1.29 is 9.90 Å². The molecule has 0 spiro atoms. The molecule has 0 aliphatic carbocycles. The summed E-state index contributed by atoms with van der Waals surface area (Å²) in [6.07, 6.45) is 1.78. The number of piperazine rings is 1. The fourth-order valence-electron chi connectivity index (χ4n) is 3.41. The Balaban J connectivity index is 1.69. The van der Waals surface area contributed by atoms with E-state index in [4.69, 9.17) is 23.2 Å². The lowest BCUT2D eigenvalue weighted by atomic mass is 9.79. The van der Waals surface area contributed by atoms with Gasteiger partial charge in [-0.05, 0) is 44.0 Å². The number of carboxylic acid groups (broad SMARTS) is 1. The molecule has 0 radical (unpaired) electrons. The first-order valence-corrected chi connectivity index (χ1v) is 9.91. The summed E-state index contributed by atoms with van der Waals surface area (Å²) in [7, 11) is 0. The molecule has 2 saturated heterocycles. The average molecular weight is 389 g/mol. The van der Waals surface area contributed by atoms with Gasteiger partial charge in [0, 0.05) is 31.4 Å². The quantitative estimate of drug-likeness (QED) is 0.777. The zero-order valence-corrected chi connectivity index (χ0v) is 16.0. The second kappa shape index (κ2) is 7.42. The number of hydrogen-bond donors (Lipinski definition) is 1. The Morgan fingerprint density at radius 1 is 1.38 bits per heavy atom. The third-order valence-electron chi connectivity index (χ3n) is 5.18. The molecule has 1 aromatic carbocycles. The van der Waals surface area contributed by atoms with Gasteiger partial charge in [0.15, 0.2) is 0 Å². The van der Waals surface area contributed by atoms with Crippen LogP contribution in [-0.4, -0.2) is 58.3 Å². The van der Waals surface area contributed by atoms with Crippen LogP contribution in [0, 0.1) is 0 Å². The Morgan fingerprint density at radius 3 is 2.88 bits per heavy atom. The van der Waals surface area contributed by atoms with Gasteiger partial charge in [0.1, 0.15) is 0 Å². The van der Waals surface area contributed by atoms with Crippen molar-refractivity contribution in [2.75, 3.05) is 31.9 Å². The average Bonchev–Trinajstić information content (AvgIpc) is 3.02. The molecule has 2 aliphatic heterocycles. The van der Waals surface area contributed by atoms with Crippen LogP contribution in [0.1, 0.15) is 25.3 Å². The van der Waals surface area contributed by atoms with Crippen LogP contribution >= 0.6 is 35.1 Å². The lowest BCUT2D eigenvalue weighted by molar-refractivity contribution is -0.143. The topological polar surface area (TPSA) is 43.8 Å². The third-order valence-corrected chi connectivity index (χ3v) is 7.15. The number of fused-ring (bicyclic) bond motifs is 1. The van der Waals surface area contributed by atoms with Gasteiger partial charge in [0.2, 0.25) is 0 Å². The van der Waals surface area contributed by atoms with Crippen LogP contribution in [0.3, 0.4) is 0 Å². The maximum Gasteiger partial charge on any atom is 0.313 e. The number of aliphatic carboxylic acids is 1. The molecule has 132 valence electrons. The van der Waals surface area contributed by atoms with Crippen LogP contribution in [0.25, 0.3) is 0 Å². The predicted molar refractivity (Wildman–Crippen MR) is 100 cm³/mol. The second-order valence-corrected chi connectivity index (χ2v) is 8.68. The molecular formula is C17H22Cl2N2O2S. The molecule has 2 unspecified atom stereocenters. The number of benzene rings is 1. The SMILES string of the molecule is CC(CCN1CCN2SCCC2C1)(C(=O)O)c1ccc(Cl)c(Cl)c1. The van der Waals surface area contributed by atoms with E-state index in [9.17, 15) is 9.90 Å². The van der Waals surface area contributed by atoms with Crippen LogP contribution < -0.4 is 0 Å². The van der Waals surface area contributed by atoms with Crippen molar-refractivity contribution in [1.82, 2.24) is 9.21 Å². The highest BCUT2D eigenvalue weighted by molar-refractivity contribution is 7.97. The van der Waals surface area contributed by atoms with Crippen LogP contribution in [-0.2, 0) is 10.2 Å². The summed E-state index contributed by atoms with van der Waals surface area (Å²) < 4.78 is 2.48. The van der Waals surface area contributed by atoms with Crippen LogP contribution in [0.5, 0.6) is 0 Å². The molecule has 0 bridgehead atoms. The first kappa shape index (κ1) is 18.3. The molecule has 2 heterocycles. The van der Waals surface area contributed by atoms with Crippen molar-refractivity contribution >= 4 is 41.1 Å². The van der Waals surface area contributed by atoms with E-state index in [-0.39, 0.29) is 0 Å². The Morgan fingerprint density at radius 2 is 2.17 bits per heavy atom. The number of carbonyl (C=O) groups is 1. The van der Waals surface area contributed by atoms with Gasteiger partial charge < -0.3 is 10.0 Å². The summed E-state index contributed by atoms with van der Waals surface area (Å²) in [6.45, 7) is 5.64. The van der Waals surface area contributed by atoms with Gasteiger partial charge in [0.05, 0.1) is 15.5 Å². The Hall–Kier alpha value is -0.460. The molecule has 3 rings (SSSR count). The van der Waals surface area contributed by atoms with E-state index in [1.807, 2.05) is 11.9 Å². The molecule has 0 amide bonds. The number of hydrogen-bond acceptors (Lipinski definition) is 4. The molecule has 1 N–H and O–H groups in total. The Bertz CT molecular complexity index is 631. The lowest BCUT2D eigenvalue weighted by Gasteiger charge is -2.38. The molecule has 7 heteroatoms. The minimum Gasteiger partial charge on any atom is -0.481 e. The third kappa shape index (κ3) is 3.70. The van der Waals surface area contributed by atoms with Crippen molar-refractivity contribution in [2.24, 2.45) is 0 Å². The monoisotopic (exact) mass is 388 g/mol. The zero-order chi connectivity index (χ0) is 17.3. The van der Waals surface area contributed by atoms with E-state index in [1.54, 1.807) is 25.1 Å². The van der Waals surface area contributed by atoms with Crippen LogP contribution in [0.2, 0.25) is 10.0 Å². The van der Waals surface area contributed by atoms with E-state index in [2.05, 4.69) is 9.21 Å². The summed E-state index contributed by atoms with van der Waals surface area (Å²) in [5, 5.41) is 10.7. The molecule has 0 aromatic heterocycles. The largest absolute Gasteiger partial charge is 0.481 e. The van der Waals surface area contributed by atoms with Crippen LogP contribution in [0.15, 0.2) is 18.2 Å². The number of nitrogens with zero attached hydrogens (tertiary/aromatic N) is 2. The molecule has 4 nitrogen and oxygen atoms in total. The van der Waals surface area contributed by atoms with Crippen molar-refractivity contribution in [3.8, 4) is 0 Å². The van der Waals surface area contributed by atoms with Gasteiger partial charge in [0.25, 0.3) is 0 Å². The fraction of sp³-hybridized carbons (Fsp3) is 0.588. The van der Waals surface area contributed by atoms with Gasteiger partial charge in [-0.2, -0.15) is 0 Å². The highest BCUT2D eigenvalue weighted by atomic mass is 35.5. The van der Waals surface area contributed by atoms with Crippen molar-refractivity contribution in [3.63, 3.8) is 0 Å². The summed E-state index contributed by atoms with van der Waals surface area (Å²) in [5.74, 6) is 0.380. The molecular weight excluding hydrogens is 367 g/mol. The van der Waals surface area contributed by atoms with Crippen molar-refractivity contribution in [2.45, 2.75) is 31.2 Å². The van der Waals surface area contributed by atoms with E-state index < -0.39 is 11.4 Å². The van der Waals surface area contributed by atoms with E-state index in [0.717, 1.165) is 26.2 Å². The van der Waals surface area contributed by atoms with Gasteiger partial charge in [-0.15, -0.1) is 0 Å². The van der Waals surface area contributed by atoms with Gasteiger partial charge >= 0.3 is 5.97 Å². The molecule has 24 heavy (non-hydrogen) atoms. The van der Waals surface area contributed by atoms with Crippen molar-refractivity contribution in [3.05, 3.63) is 33.8 Å². The van der Waals surface area contributed by atoms with Gasteiger partial charge in [-0.3, -0.25) is 4.79 Å². The molecule has 0 saturated carbocycles. The second-order valence-electron chi connectivity index (χ2n) is 6.73. The Labute approximate surface area is 157 Å². The molecule has 2 fully saturated rings. The van der Waals surface area contributed by atoms with Gasteiger partial charge in [-0.1, -0.05) is 41.2 Å². The summed E-state index contributed by atoms with van der Waals surface area (Å²) in [5.41, 5.74) is -0.255. The summed E-state index contributed by atoms with van der Waals surface area (Å²) in [4.78, 5) is 14.4. The van der Waals surface area contributed by atoms with E-state index in [1.165, 1.54) is 12.2 Å². The highest BCUT2D eigenvalue weighted by Gasteiger charge is 2.37. The maximum atomic E-state index is 12.0. The molecule has 2 atom stereocenters. The minimum absolute atomic E-state index is 0.401. The van der Waals surface area contributed by atoms with Crippen molar-refractivity contribution in [1.29, 1.82) is 0 Å². The smallest absolute Gasteiger partial charge is 0.313 e. The summed E-state index contributed by atoms with van der Waals surface area (Å²) >= 11 is 14.0. The fourth-order valence-corrected chi connectivity index (χ4v) is 4.92. The molecule has 1 aromatic rings. The molecule has 2 aliphatic rings. The minimum atomic E-state index is -0.963. The van der Waals surface area contributed by atoms with Gasteiger partial charge in [-0.25, -0.2) is 4.31 Å². The summed E-state index contributed by atoms with van der Waals surface area (Å²) in [6, 6.07) is 5.75. The predicted octanol–water partition coefficient (Wildman–Crippen LogP) is 3.76. The Kier molecular flexibility index (Phi) is 5.67. The first-order valence-electron chi connectivity index (χ1n) is 8.21. The van der Waals surface area contributed by atoms with E-state index >= 15 is 0 Å². The zero-order valence-electron chi connectivity index (χ0n) is 13.7.